The van der Waals surface area contributed by atoms with Crippen LogP contribution in [0.4, 0.5) is 4.39 Å². The third-order valence-electron chi connectivity index (χ3n) is 5.12. The summed E-state index contributed by atoms with van der Waals surface area (Å²) in [4.78, 5) is 0. The van der Waals surface area contributed by atoms with Crippen LogP contribution in [0.3, 0.4) is 0 Å². The molecule has 33 heavy (non-hydrogen) atoms. The highest BCUT2D eigenvalue weighted by atomic mass is 127. The summed E-state index contributed by atoms with van der Waals surface area (Å²) in [5.41, 5.74) is 2.31. The van der Waals surface area contributed by atoms with Crippen LogP contribution in [0.5, 0.6) is 11.5 Å². The maximum absolute atomic E-state index is 14.2. The van der Waals surface area contributed by atoms with Crippen LogP contribution in [-0.2, 0) is 6.61 Å². The summed E-state index contributed by atoms with van der Waals surface area (Å²) in [5.74, 6) is 0.801. The number of nitrogens with zero attached hydrogens (tertiary/aromatic N) is 1. The van der Waals surface area contributed by atoms with Crippen molar-refractivity contribution in [2.45, 2.75) is 13.5 Å². The zero-order valence-corrected chi connectivity index (χ0v) is 20.2. The topological polar surface area (TPSA) is 42.2 Å². The first kappa shape index (κ1) is 22.8. The van der Waals surface area contributed by atoms with Crippen LogP contribution in [0.2, 0.25) is 0 Å². The molecule has 0 N–H and O–H groups in total. The monoisotopic (exact) mass is 549 g/mol. The van der Waals surface area contributed by atoms with Gasteiger partial charge >= 0.3 is 0 Å². The van der Waals surface area contributed by atoms with E-state index in [1.54, 1.807) is 24.3 Å². The van der Waals surface area contributed by atoms with Gasteiger partial charge in [-0.3, -0.25) is 0 Å². The summed E-state index contributed by atoms with van der Waals surface area (Å²) in [6.07, 6.45) is 1.66. The van der Waals surface area contributed by atoms with Gasteiger partial charge in [0.2, 0.25) is 0 Å². The molecule has 0 atom stereocenters. The average molecular weight is 549 g/mol. The Morgan fingerprint density at radius 2 is 1.73 bits per heavy atom. The number of fused-ring (bicyclic) bond motifs is 1. The van der Waals surface area contributed by atoms with Crippen molar-refractivity contribution >= 4 is 45.0 Å². The predicted molar refractivity (Wildman–Crippen MR) is 138 cm³/mol. The summed E-state index contributed by atoms with van der Waals surface area (Å²) in [6.45, 7) is 2.77. The van der Waals surface area contributed by atoms with Gasteiger partial charge in [-0.2, -0.15) is 5.26 Å². The van der Waals surface area contributed by atoms with E-state index in [2.05, 4.69) is 59.0 Å². The van der Waals surface area contributed by atoms with Crippen molar-refractivity contribution in [1.82, 2.24) is 0 Å². The van der Waals surface area contributed by atoms with E-state index >= 15 is 0 Å². The third kappa shape index (κ3) is 5.35. The van der Waals surface area contributed by atoms with Crippen LogP contribution in [0.15, 0.2) is 78.9 Å². The molecule has 0 unspecified atom stereocenters. The summed E-state index contributed by atoms with van der Waals surface area (Å²) < 4.78 is 27.1. The number of hydrogen-bond donors (Lipinski definition) is 0. The molecule has 5 heteroatoms. The Bertz CT molecular complexity index is 1370. The Kier molecular flexibility index (Phi) is 7.26. The van der Waals surface area contributed by atoms with Gasteiger partial charge in [0.15, 0.2) is 11.5 Å². The number of nitriles is 1. The third-order valence-corrected chi connectivity index (χ3v) is 5.93. The van der Waals surface area contributed by atoms with Crippen molar-refractivity contribution in [2.24, 2.45) is 0 Å². The highest BCUT2D eigenvalue weighted by Gasteiger charge is 2.14. The molecule has 0 spiro atoms. The Balaban J connectivity index is 1.64. The number of allylic oxidation sites excluding steroid dienone is 1. The number of hydrogen-bond acceptors (Lipinski definition) is 3. The van der Waals surface area contributed by atoms with Crippen LogP contribution >= 0.6 is 22.6 Å². The summed E-state index contributed by atoms with van der Waals surface area (Å²) in [5, 5.41) is 12.0. The fourth-order valence-corrected chi connectivity index (χ4v) is 4.36. The zero-order valence-electron chi connectivity index (χ0n) is 18.0. The quantitative estimate of drug-likeness (QED) is 0.135. The molecular weight excluding hydrogens is 528 g/mol. The molecule has 164 valence electrons. The molecule has 3 nitrogen and oxygen atoms in total. The molecule has 0 fully saturated rings. The van der Waals surface area contributed by atoms with E-state index in [4.69, 9.17) is 9.47 Å². The maximum atomic E-state index is 14.2. The molecular formula is C28H21FINO2. The molecule has 0 radical (unpaired) electrons. The van der Waals surface area contributed by atoms with Gasteiger partial charge in [-0.05, 0) is 81.8 Å². The molecule has 4 aromatic carbocycles. The van der Waals surface area contributed by atoms with Crippen LogP contribution in [0.1, 0.15) is 23.6 Å². The second-order valence-corrected chi connectivity index (χ2v) is 8.55. The fourth-order valence-electron chi connectivity index (χ4n) is 3.57. The van der Waals surface area contributed by atoms with Gasteiger partial charge in [0.25, 0.3) is 0 Å². The Labute approximate surface area is 206 Å². The van der Waals surface area contributed by atoms with E-state index in [0.717, 1.165) is 20.1 Å². The number of rotatable bonds is 7. The van der Waals surface area contributed by atoms with Crippen molar-refractivity contribution in [3.05, 3.63) is 105 Å². The number of ether oxygens (including phenoxy) is 2. The minimum atomic E-state index is -0.430. The smallest absolute Gasteiger partial charge is 0.175 e. The molecule has 0 bridgehead atoms. The number of halogens is 2. The van der Waals surface area contributed by atoms with Gasteiger partial charge in [-0.15, -0.1) is 0 Å². The van der Waals surface area contributed by atoms with Crippen molar-refractivity contribution in [2.75, 3.05) is 6.61 Å². The normalized spacial score (nSPS) is 11.3. The van der Waals surface area contributed by atoms with E-state index in [9.17, 15) is 9.65 Å². The first-order valence-corrected chi connectivity index (χ1v) is 11.6. The van der Waals surface area contributed by atoms with Crippen LogP contribution in [0.25, 0.3) is 22.4 Å². The lowest BCUT2D eigenvalue weighted by molar-refractivity contribution is 0.267. The summed E-state index contributed by atoms with van der Waals surface area (Å²) in [7, 11) is 0. The number of benzene rings is 4. The minimum Gasteiger partial charge on any atom is -0.490 e. The molecule has 0 heterocycles. The van der Waals surface area contributed by atoms with Crippen molar-refractivity contribution in [1.29, 1.82) is 5.26 Å². The Morgan fingerprint density at radius 1 is 0.970 bits per heavy atom. The summed E-state index contributed by atoms with van der Waals surface area (Å²) in [6, 6.07) is 26.5. The minimum absolute atomic E-state index is 0.246. The largest absolute Gasteiger partial charge is 0.490 e. The van der Waals surface area contributed by atoms with E-state index in [1.165, 1.54) is 11.5 Å². The summed E-state index contributed by atoms with van der Waals surface area (Å²) >= 11 is 2.20. The first-order valence-electron chi connectivity index (χ1n) is 10.5. The Morgan fingerprint density at radius 3 is 2.48 bits per heavy atom. The molecule has 0 amide bonds. The fraction of sp³-hybridized carbons (Fsp3) is 0.107. The highest BCUT2D eigenvalue weighted by Crippen LogP contribution is 2.36. The van der Waals surface area contributed by atoms with E-state index < -0.39 is 5.82 Å². The maximum Gasteiger partial charge on any atom is 0.175 e. The second-order valence-electron chi connectivity index (χ2n) is 7.38. The SMILES string of the molecule is CCOc1cc(/C=C(/C#N)c2ccccc2F)cc(I)c1OCc1ccc2ccccc2c1. The average Bonchev–Trinajstić information content (AvgIpc) is 2.82. The van der Waals surface area contributed by atoms with Gasteiger partial charge in [-0.1, -0.05) is 54.6 Å². The zero-order chi connectivity index (χ0) is 23.2. The van der Waals surface area contributed by atoms with Crippen molar-refractivity contribution in [3.63, 3.8) is 0 Å². The van der Waals surface area contributed by atoms with Crippen molar-refractivity contribution < 1.29 is 13.9 Å². The van der Waals surface area contributed by atoms with Gasteiger partial charge in [0, 0.05) is 5.56 Å². The van der Waals surface area contributed by atoms with Crippen molar-refractivity contribution in [3.8, 4) is 17.6 Å². The molecule has 0 aliphatic carbocycles. The van der Waals surface area contributed by atoms with Gasteiger partial charge in [0.1, 0.15) is 12.4 Å². The molecule has 0 saturated heterocycles. The molecule has 0 aliphatic rings. The Hall–Kier alpha value is -3.37. The lowest BCUT2D eigenvalue weighted by Gasteiger charge is -2.15. The highest BCUT2D eigenvalue weighted by molar-refractivity contribution is 14.1. The molecule has 4 aromatic rings. The lowest BCUT2D eigenvalue weighted by Crippen LogP contribution is -2.02. The first-order chi connectivity index (χ1) is 16.1. The lowest BCUT2D eigenvalue weighted by atomic mass is 10.0. The van der Waals surface area contributed by atoms with E-state index in [1.807, 2.05) is 31.2 Å². The van der Waals surface area contributed by atoms with Gasteiger partial charge < -0.3 is 9.47 Å². The van der Waals surface area contributed by atoms with E-state index in [0.29, 0.717) is 24.7 Å². The van der Waals surface area contributed by atoms with Crippen LogP contribution < -0.4 is 9.47 Å². The molecule has 4 rings (SSSR count). The van der Waals surface area contributed by atoms with Gasteiger partial charge in [-0.25, -0.2) is 4.39 Å². The van der Waals surface area contributed by atoms with E-state index in [-0.39, 0.29) is 11.1 Å². The molecule has 0 aliphatic heterocycles. The second kappa shape index (κ2) is 10.5. The molecule has 0 aromatic heterocycles. The van der Waals surface area contributed by atoms with Crippen LogP contribution in [0, 0.1) is 20.7 Å². The van der Waals surface area contributed by atoms with Gasteiger partial charge in [0.05, 0.1) is 21.8 Å². The predicted octanol–water partition coefficient (Wildman–Crippen LogP) is 7.63. The molecule has 0 saturated carbocycles. The van der Waals surface area contributed by atoms with Crippen LogP contribution in [-0.4, -0.2) is 6.61 Å². The standard InChI is InChI=1S/C28H21FINO2/c1-2-32-27-16-20(14-23(17-31)24-9-5-6-10-25(24)29)15-26(30)28(27)33-18-19-11-12-21-7-3-4-8-22(21)13-19/h3-16H,2,18H2,1H3/b23-14-.